The molecule has 2 aliphatic heterocycles. The van der Waals surface area contributed by atoms with Crippen LogP contribution in [0.5, 0.6) is 0 Å². The first-order chi connectivity index (χ1) is 11.3. The fourth-order valence-electron chi connectivity index (χ4n) is 3.59. The lowest BCUT2D eigenvalue weighted by Gasteiger charge is -2.41. The van der Waals surface area contributed by atoms with Crippen molar-refractivity contribution in [1.29, 1.82) is 0 Å². The highest BCUT2D eigenvalue weighted by Gasteiger charge is 2.28. The van der Waals surface area contributed by atoms with E-state index < -0.39 is 5.60 Å². The number of hydrogen-bond donors (Lipinski definition) is 1. The zero-order chi connectivity index (χ0) is 17.7. The van der Waals surface area contributed by atoms with Gasteiger partial charge in [0.15, 0.2) is 0 Å². The Morgan fingerprint density at radius 2 is 1.46 bits per heavy atom. The molecule has 2 saturated heterocycles. The third kappa shape index (κ3) is 5.90. The van der Waals surface area contributed by atoms with Crippen molar-refractivity contribution in [3.8, 4) is 0 Å². The van der Waals surface area contributed by atoms with Gasteiger partial charge in [0.25, 0.3) is 0 Å². The average Bonchev–Trinajstić information content (AvgIpc) is 2.54. The summed E-state index contributed by atoms with van der Waals surface area (Å²) in [6.07, 6.45) is 1.01. The minimum atomic E-state index is -0.416. The van der Waals surface area contributed by atoms with Crippen molar-refractivity contribution in [3.05, 3.63) is 0 Å². The lowest BCUT2D eigenvalue weighted by molar-refractivity contribution is 0.00921. The third-order valence-corrected chi connectivity index (χ3v) is 5.05. The van der Waals surface area contributed by atoms with Crippen molar-refractivity contribution in [1.82, 2.24) is 20.0 Å². The SMILES string of the molecule is CC(CC(C)N1CCN(C(=O)OC(C)(C)C)CC1)N1CCNCC1. The Bertz CT molecular complexity index is 396. The van der Waals surface area contributed by atoms with Gasteiger partial charge >= 0.3 is 6.09 Å². The first-order valence-corrected chi connectivity index (χ1v) is 9.43. The van der Waals surface area contributed by atoms with Crippen molar-refractivity contribution < 1.29 is 9.53 Å². The van der Waals surface area contributed by atoms with Crippen LogP contribution in [0.3, 0.4) is 0 Å². The molecule has 140 valence electrons. The van der Waals surface area contributed by atoms with Gasteiger partial charge < -0.3 is 15.0 Å². The van der Waals surface area contributed by atoms with E-state index in [4.69, 9.17) is 4.74 Å². The number of carbonyl (C=O) groups excluding carboxylic acids is 1. The molecular formula is C18H36N4O2. The normalized spacial score (nSPS) is 23.8. The molecule has 6 heteroatoms. The second-order valence-electron chi connectivity index (χ2n) is 8.22. The fraction of sp³-hybridized carbons (Fsp3) is 0.944. The average molecular weight is 341 g/mol. The van der Waals surface area contributed by atoms with Crippen LogP contribution in [0.1, 0.15) is 41.0 Å². The van der Waals surface area contributed by atoms with E-state index in [0.717, 1.165) is 52.4 Å². The van der Waals surface area contributed by atoms with Gasteiger partial charge in [-0.25, -0.2) is 4.79 Å². The van der Waals surface area contributed by atoms with Crippen molar-refractivity contribution in [2.45, 2.75) is 58.7 Å². The van der Waals surface area contributed by atoms with Gasteiger partial charge in [0, 0.05) is 64.4 Å². The first kappa shape index (κ1) is 19.5. The molecule has 2 rings (SSSR count). The zero-order valence-corrected chi connectivity index (χ0v) is 16.2. The number of carbonyl (C=O) groups is 1. The van der Waals surface area contributed by atoms with Crippen molar-refractivity contribution in [2.75, 3.05) is 52.4 Å². The number of nitrogens with zero attached hydrogens (tertiary/aromatic N) is 3. The first-order valence-electron chi connectivity index (χ1n) is 9.43. The van der Waals surface area contributed by atoms with Crippen LogP contribution in [0.2, 0.25) is 0 Å². The number of piperazine rings is 2. The highest BCUT2D eigenvalue weighted by atomic mass is 16.6. The van der Waals surface area contributed by atoms with Gasteiger partial charge in [-0.1, -0.05) is 0 Å². The van der Waals surface area contributed by atoms with Gasteiger partial charge in [-0.3, -0.25) is 9.80 Å². The highest BCUT2D eigenvalue weighted by Crippen LogP contribution is 2.16. The Morgan fingerprint density at radius 1 is 0.958 bits per heavy atom. The topological polar surface area (TPSA) is 48.1 Å². The van der Waals surface area contributed by atoms with Gasteiger partial charge in [-0.15, -0.1) is 0 Å². The van der Waals surface area contributed by atoms with Crippen LogP contribution in [0, 0.1) is 0 Å². The number of hydrogen-bond acceptors (Lipinski definition) is 5. The smallest absolute Gasteiger partial charge is 0.410 e. The van der Waals surface area contributed by atoms with Crippen LogP contribution in [0.15, 0.2) is 0 Å². The van der Waals surface area contributed by atoms with Crippen LogP contribution >= 0.6 is 0 Å². The van der Waals surface area contributed by atoms with E-state index in [0.29, 0.717) is 12.1 Å². The van der Waals surface area contributed by atoms with E-state index in [2.05, 4.69) is 29.0 Å². The molecule has 1 N–H and O–H groups in total. The minimum Gasteiger partial charge on any atom is -0.444 e. The second-order valence-corrected chi connectivity index (χ2v) is 8.22. The summed E-state index contributed by atoms with van der Waals surface area (Å²) in [5.74, 6) is 0. The van der Waals surface area contributed by atoms with Crippen LogP contribution in [0.25, 0.3) is 0 Å². The predicted molar refractivity (Wildman–Crippen MR) is 97.4 cm³/mol. The van der Waals surface area contributed by atoms with Crippen LogP contribution in [-0.2, 0) is 4.74 Å². The van der Waals surface area contributed by atoms with Crippen molar-refractivity contribution >= 4 is 6.09 Å². The summed E-state index contributed by atoms with van der Waals surface area (Å²) in [5, 5.41) is 3.42. The van der Waals surface area contributed by atoms with E-state index in [1.807, 2.05) is 25.7 Å². The predicted octanol–water partition coefficient (Wildman–Crippen LogP) is 1.61. The number of ether oxygens (including phenoxy) is 1. The highest BCUT2D eigenvalue weighted by molar-refractivity contribution is 5.68. The van der Waals surface area contributed by atoms with Gasteiger partial charge in [0.1, 0.15) is 5.60 Å². The number of rotatable bonds is 4. The van der Waals surface area contributed by atoms with Crippen molar-refractivity contribution in [3.63, 3.8) is 0 Å². The molecule has 6 nitrogen and oxygen atoms in total. The molecule has 2 aliphatic rings. The molecule has 0 aromatic heterocycles. The molecular weight excluding hydrogens is 304 g/mol. The molecule has 2 fully saturated rings. The monoisotopic (exact) mass is 340 g/mol. The molecule has 0 saturated carbocycles. The van der Waals surface area contributed by atoms with Gasteiger partial charge in [0.05, 0.1) is 0 Å². The van der Waals surface area contributed by atoms with E-state index in [1.54, 1.807) is 0 Å². The lowest BCUT2D eigenvalue weighted by atomic mass is 10.1. The summed E-state index contributed by atoms with van der Waals surface area (Å²) >= 11 is 0. The summed E-state index contributed by atoms with van der Waals surface area (Å²) < 4.78 is 5.47. The third-order valence-electron chi connectivity index (χ3n) is 5.05. The molecule has 24 heavy (non-hydrogen) atoms. The van der Waals surface area contributed by atoms with Gasteiger partial charge in [0.2, 0.25) is 0 Å². The molecule has 0 radical (unpaired) electrons. The summed E-state index contributed by atoms with van der Waals surface area (Å²) in [5.41, 5.74) is -0.416. The van der Waals surface area contributed by atoms with Crippen molar-refractivity contribution in [2.24, 2.45) is 0 Å². The van der Waals surface area contributed by atoms with E-state index in [1.165, 1.54) is 6.42 Å². The number of amides is 1. The van der Waals surface area contributed by atoms with Crippen LogP contribution in [0.4, 0.5) is 4.79 Å². The molecule has 2 unspecified atom stereocenters. The molecule has 2 atom stereocenters. The maximum absolute atomic E-state index is 12.1. The summed E-state index contributed by atoms with van der Waals surface area (Å²) in [6, 6.07) is 1.17. The van der Waals surface area contributed by atoms with Crippen LogP contribution < -0.4 is 5.32 Å². The van der Waals surface area contributed by atoms with Crippen LogP contribution in [-0.4, -0.2) is 90.8 Å². The van der Waals surface area contributed by atoms with E-state index in [-0.39, 0.29) is 6.09 Å². The Labute approximate surface area is 147 Å². The molecule has 0 bridgehead atoms. The number of nitrogens with one attached hydrogen (secondary N) is 1. The molecule has 0 aromatic rings. The Morgan fingerprint density at radius 3 is 1.96 bits per heavy atom. The standard InChI is InChI=1S/C18H36N4O2/c1-15(20-8-6-19-7-9-20)14-16(2)21-10-12-22(13-11-21)17(23)24-18(3,4)5/h15-16,19H,6-14H2,1-5H3. The summed E-state index contributed by atoms with van der Waals surface area (Å²) in [4.78, 5) is 19.1. The largest absolute Gasteiger partial charge is 0.444 e. The molecule has 2 heterocycles. The Hall–Kier alpha value is -0.850. The summed E-state index contributed by atoms with van der Waals surface area (Å²) in [6.45, 7) is 18.3. The van der Waals surface area contributed by atoms with Gasteiger partial charge in [-0.2, -0.15) is 0 Å². The summed E-state index contributed by atoms with van der Waals surface area (Å²) in [7, 11) is 0. The minimum absolute atomic E-state index is 0.177. The fourth-order valence-corrected chi connectivity index (χ4v) is 3.59. The molecule has 1 amide bonds. The van der Waals surface area contributed by atoms with E-state index >= 15 is 0 Å². The molecule has 0 aromatic carbocycles. The Balaban J connectivity index is 1.73. The van der Waals surface area contributed by atoms with E-state index in [9.17, 15) is 4.79 Å². The molecule has 0 aliphatic carbocycles. The second kappa shape index (κ2) is 8.50. The lowest BCUT2D eigenvalue weighted by Crippen LogP contribution is -2.54. The zero-order valence-electron chi connectivity index (χ0n) is 16.2. The Kier molecular flexibility index (Phi) is 6.89. The van der Waals surface area contributed by atoms with Gasteiger partial charge in [-0.05, 0) is 41.0 Å². The maximum Gasteiger partial charge on any atom is 0.410 e. The maximum atomic E-state index is 12.1. The molecule has 0 spiro atoms. The quantitative estimate of drug-likeness (QED) is 0.843.